The van der Waals surface area contributed by atoms with Crippen LogP contribution in [0, 0.1) is 0 Å². The van der Waals surface area contributed by atoms with Crippen molar-refractivity contribution in [2.24, 2.45) is 0 Å². The minimum atomic E-state index is -2.99. The van der Waals surface area contributed by atoms with Gasteiger partial charge in [0.2, 0.25) is 0 Å². The lowest BCUT2D eigenvalue weighted by molar-refractivity contribution is -0.207. The highest BCUT2D eigenvalue weighted by atomic mass is 19.2. The number of halogens is 2. The molecule has 100 valence electrons. The van der Waals surface area contributed by atoms with Gasteiger partial charge in [0.05, 0.1) is 0 Å². The lowest BCUT2D eigenvalue weighted by atomic mass is 10.1. The van der Waals surface area contributed by atoms with Crippen LogP contribution in [0.25, 0.3) is 0 Å². The molecule has 3 N–H and O–H groups in total. The number of hydrogen-bond acceptors (Lipinski definition) is 5. The van der Waals surface area contributed by atoms with Gasteiger partial charge in [0.25, 0.3) is 11.4 Å². The van der Waals surface area contributed by atoms with Crippen LogP contribution < -0.4 is 11.2 Å². The number of nitrogens with one attached hydrogen (secondary N) is 1. The summed E-state index contributed by atoms with van der Waals surface area (Å²) in [7, 11) is 0. The first-order valence-electron chi connectivity index (χ1n) is 5.00. The van der Waals surface area contributed by atoms with Crippen LogP contribution in [-0.2, 0) is 4.74 Å². The molecule has 1 aromatic rings. The van der Waals surface area contributed by atoms with Crippen LogP contribution in [0.2, 0.25) is 0 Å². The number of alkyl halides is 2. The maximum Gasteiger partial charge on any atom is 0.330 e. The Morgan fingerprint density at radius 1 is 1.56 bits per heavy atom. The number of aromatic nitrogens is 2. The highest BCUT2D eigenvalue weighted by Crippen LogP contribution is 2.38. The molecule has 1 aromatic heterocycles. The molecule has 1 aliphatic rings. The summed E-state index contributed by atoms with van der Waals surface area (Å²) in [4.78, 5) is 24.0. The highest BCUT2D eigenvalue weighted by molar-refractivity contribution is 4.96. The van der Waals surface area contributed by atoms with E-state index in [1.807, 2.05) is 4.98 Å². The lowest BCUT2D eigenvalue weighted by Crippen LogP contribution is -2.41. The normalized spacial score (nSPS) is 35.9. The summed E-state index contributed by atoms with van der Waals surface area (Å²) in [6.07, 6.45) is -5.34. The third-order valence-electron chi connectivity index (χ3n) is 2.67. The van der Waals surface area contributed by atoms with E-state index in [4.69, 9.17) is 5.11 Å². The monoisotopic (exact) mass is 264 g/mol. The maximum atomic E-state index is 13.7. The van der Waals surface area contributed by atoms with Crippen molar-refractivity contribution >= 4 is 0 Å². The van der Waals surface area contributed by atoms with Gasteiger partial charge in [-0.15, -0.1) is 0 Å². The Labute approximate surface area is 98.3 Å². The minimum absolute atomic E-state index is 0.590. The summed E-state index contributed by atoms with van der Waals surface area (Å²) in [6.45, 7) is -1.26. The van der Waals surface area contributed by atoms with Gasteiger partial charge in [0, 0.05) is 12.3 Å². The third kappa shape index (κ3) is 1.85. The Bertz CT molecular complexity index is 558. The molecule has 0 aromatic carbocycles. The zero-order valence-corrected chi connectivity index (χ0v) is 8.92. The second-order valence-electron chi connectivity index (χ2n) is 3.86. The lowest BCUT2D eigenvalue weighted by Gasteiger charge is -2.19. The van der Waals surface area contributed by atoms with Crippen molar-refractivity contribution in [3.63, 3.8) is 0 Å². The number of aliphatic hydroxyl groups is 2. The fraction of sp³-hybridized carbons (Fsp3) is 0.556. The molecule has 0 bridgehead atoms. The fourth-order valence-electron chi connectivity index (χ4n) is 1.70. The van der Waals surface area contributed by atoms with Crippen molar-refractivity contribution in [3.05, 3.63) is 33.1 Å². The number of hydrogen-bond donors (Lipinski definition) is 3. The molecule has 2 rings (SSSR count). The van der Waals surface area contributed by atoms with Gasteiger partial charge >= 0.3 is 5.69 Å². The average molecular weight is 264 g/mol. The van der Waals surface area contributed by atoms with Crippen molar-refractivity contribution < 1.29 is 23.7 Å². The second kappa shape index (κ2) is 4.26. The Morgan fingerprint density at radius 3 is 2.72 bits per heavy atom. The average Bonchev–Trinajstić information content (AvgIpc) is 2.55. The summed E-state index contributed by atoms with van der Waals surface area (Å²) in [6, 6.07) is 0.918. The standard InChI is InChI=1S/C9H10F2N2O5/c10-5-6(16)9(11,3-14)18-7(5)13-2-1-4(15)12-8(13)17/h1-2,5-7,14,16H,3H2,(H,12,15,17). The van der Waals surface area contributed by atoms with E-state index in [-0.39, 0.29) is 0 Å². The van der Waals surface area contributed by atoms with Crippen LogP contribution in [0.5, 0.6) is 0 Å². The van der Waals surface area contributed by atoms with Gasteiger partial charge < -0.3 is 14.9 Å². The van der Waals surface area contributed by atoms with Crippen molar-refractivity contribution in [3.8, 4) is 0 Å². The Hall–Kier alpha value is -1.58. The molecule has 9 heteroatoms. The molecule has 1 fully saturated rings. The van der Waals surface area contributed by atoms with E-state index in [1.165, 1.54) is 0 Å². The van der Waals surface area contributed by atoms with E-state index in [9.17, 15) is 23.5 Å². The molecule has 0 spiro atoms. The largest absolute Gasteiger partial charge is 0.390 e. The van der Waals surface area contributed by atoms with Crippen LogP contribution in [0.15, 0.2) is 21.9 Å². The van der Waals surface area contributed by atoms with Crippen LogP contribution in [0.1, 0.15) is 6.23 Å². The second-order valence-corrected chi connectivity index (χ2v) is 3.86. The maximum absolute atomic E-state index is 13.7. The van der Waals surface area contributed by atoms with E-state index >= 15 is 0 Å². The van der Waals surface area contributed by atoms with Gasteiger partial charge in [-0.3, -0.25) is 14.3 Å². The zero-order chi connectivity index (χ0) is 13.5. The van der Waals surface area contributed by atoms with Crippen LogP contribution >= 0.6 is 0 Å². The summed E-state index contributed by atoms with van der Waals surface area (Å²) in [5.74, 6) is -2.99. The number of nitrogens with zero attached hydrogens (tertiary/aromatic N) is 1. The first-order valence-corrected chi connectivity index (χ1v) is 5.00. The highest BCUT2D eigenvalue weighted by Gasteiger charge is 2.57. The molecular weight excluding hydrogens is 254 g/mol. The SMILES string of the molecule is O=c1ccn(C2OC(F)(CO)C(O)C2F)c(=O)[nH]1. The van der Waals surface area contributed by atoms with Crippen molar-refractivity contribution in [1.82, 2.24) is 9.55 Å². The Morgan fingerprint density at radius 2 is 2.22 bits per heavy atom. The predicted molar refractivity (Wildman–Crippen MR) is 53.3 cm³/mol. The molecule has 1 aliphatic heterocycles. The van der Waals surface area contributed by atoms with E-state index in [0.29, 0.717) is 4.57 Å². The van der Waals surface area contributed by atoms with Crippen molar-refractivity contribution in [2.75, 3.05) is 6.61 Å². The minimum Gasteiger partial charge on any atom is -0.390 e. The summed E-state index contributed by atoms with van der Waals surface area (Å²) in [5.41, 5.74) is -1.72. The van der Waals surface area contributed by atoms with Gasteiger partial charge in [-0.1, -0.05) is 0 Å². The molecule has 1 saturated heterocycles. The molecule has 0 amide bonds. The van der Waals surface area contributed by atoms with E-state index in [1.54, 1.807) is 0 Å². The van der Waals surface area contributed by atoms with E-state index in [0.717, 1.165) is 12.3 Å². The van der Waals surface area contributed by atoms with E-state index in [2.05, 4.69) is 4.74 Å². The van der Waals surface area contributed by atoms with Gasteiger partial charge in [-0.05, 0) is 0 Å². The van der Waals surface area contributed by atoms with Crippen LogP contribution in [-0.4, -0.2) is 44.5 Å². The first kappa shape index (κ1) is 12.9. The smallest absolute Gasteiger partial charge is 0.330 e. The summed E-state index contributed by atoms with van der Waals surface area (Å²) < 4.78 is 32.5. The molecule has 0 saturated carbocycles. The van der Waals surface area contributed by atoms with Gasteiger partial charge in [0.15, 0.2) is 18.5 Å². The zero-order valence-electron chi connectivity index (χ0n) is 8.92. The van der Waals surface area contributed by atoms with E-state index < -0.39 is 42.2 Å². The quantitative estimate of drug-likeness (QED) is 0.598. The number of rotatable bonds is 2. The molecule has 2 heterocycles. The molecule has 0 aliphatic carbocycles. The van der Waals surface area contributed by atoms with Gasteiger partial charge in [0.1, 0.15) is 6.61 Å². The Kier molecular flexibility index (Phi) is 3.05. The molecule has 4 unspecified atom stereocenters. The summed E-state index contributed by atoms with van der Waals surface area (Å²) >= 11 is 0. The fourth-order valence-corrected chi connectivity index (χ4v) is 1.70. The van der Waals surface area contributed by atoms with Crippen LogP contribution in [0.3, 0.4) is 0 Å². The number of aromatic amines is 1. The molecule has 0 radical (unpaired) electrons. The molecule has 18 heavy (non-hydrogen) atoms. The van der Waals surface area contributed by atoms with Crippen LogP contribution in [0.4, 0.5) is 8.78 Å². The predicted octanol–water partition coefficient (Wildman–Crippen LogP) is -1.58. The van der Waals surface area contributed by atoms with Gasteiger partial charge in [-0.25, -0.2) is 13.6 Å². The van der Waals surface area contributed by atoms with Gasteiger partial charge in [-0.2, -0.15) is 0 Å². The molecule has 7 nitrogen and oxygen atoms in total. The summed E-state index contributed by atoms with van der Waals surface area (Å²) in [5, 5.41) is 18.0. The number of H-pyrrole nitrogens is 1. The number of ether oxygens (including phenoxy) is 1. The Balaban J connectivity index is 2.41. The number of aliphatic hydroxyl groups excluding tert-OH is 2. The topological polar surface area (TPSA) is 105 Å². The molecular formula is C9H10F2N2O5. The van der Waals surface area contributed by atoms with Crippen molar-refractivity contribution in [2.45, 2.75) is 24.4 Å². The third-order valence-corrected chi connectivity index (χ3v) is 2.67. The van der Waals surface area contributed by atoms with Crippen molar-refractivity contribution in [1.29, 1.82) is 0 Å². The molecule has 4 atom stereocenters. The first-order chi connectivity index (χ1) is 8.39.